The Morgan fingerprint density at radius 1 is 1.57 bits per heavy atom. The van der Waals surface area contributed by atoms with Gasteiger partial charge in [0, 0.05) is 18.8 Å². The zero-order valence-corrected chi connectivity index (χ0v) is 7.93. The van der Waals surface area contributed by atoms with E-state index in [1.165, 1.54) is 19.2 Å². The van der Waals surface area contributed by atoms with Crippen molar-refractivity contribution in [2.75, 3.05) is 0 Å². The highest BCUT2D eigenvalue weighted by molar-refractivity contribution is 5.44. The molecule has 1 unspecified atom stereocenters. The molecule has 1 atom stereocenters. The maximum Gasteiger partial charge on any atom is 0.264 e. The average Bonchev–Trinajstić information content (AvgIpc) is 2.36. The molecule has 3 heteroatoms. The summed E-state index contributed by atoms with van der Waals surface area (Å²) in [5, 5.41) is 0. The lowest BCUT2D eigenvalue weighted by atomic mass is 9.82. The van der Waals surface area contributed by atoms with Crippen molar-refractivity contribution >= 4 is 0 Å². The molecule has 2 rings (SSSR count). The number of halogens is 2. The Morgan fingerprint density at radius 3 is 2.93 bits per heavy atom. The van der Waals surface area contributed by atoms with Crippen molar-refractivity contribution in [3.63, 3.8) is 0 Å². The highest BCUT2D eigenvalue weighted by Gasteiger charge is 2.55. The Labute approximate surface area is 81.5 Å². The summed E-state index contributed by atoms with van der Waals surface area (Å²) in [4.78, 5) is 3.88. The summed E-state index contributed by atoms with van der Waals surface area (Å²) in [6.45, 7) is 5.01. The fourth-order valence-electron chi connectivity index (χ4n) is 1.92. The zero-order valence-electron chi connectivity index (χ0n) is 7.93. The van der Waals surface area contributed by atoms with Crippen molar-refractivity contribution in [2.24, 2.45) is 0 Å². The number of hydrogen-bond acceptors (Lipinski definition) is 1. The third-order valence-corrected chi connectivity index (χ3v) is 3.05. The maximum atomic E-state index is 13.7. The summed E-state index contributed by atoms with van der Waals surface area (Å²) in [6, 6.07) is 1.65. The lowest BCUT2D eigenvalue weighted by Crippen LogP contribution is -2.37. The third kappa shape index (κ3) is 0.953. The fourth-order valence-corrected chi connectivity index (χ4v) is 1.92. The molecule has 0 saturated carbocycles. The van der Waals surface area contributed by atoms with Crippen LogP contribution >= 0.6 is 0 Å². The van der Waals surface area contributed by atoms with Gasteiger partial charge < -0.3 is 0 Å². The first-order valence-electron chi connectivity index (χ1n) is 4.46. The van der Waals surface area contributed by atoms with Crippen molar-refractivity contribution in [1.29, 1.82) is 0 Å². The summed E-state index contributed by atoms with van der Waals surface area (Å²) in [5.41, 5.74) is 0.00347. The van der Waals surface area contributed by atoms with Crippen molar-refractivity contribution in [3.8, 4) is 0 Å². The highest BCUT2D eigenvalue weighted by atomic mass is 19.3. The Kier molecular flexibility index (Phi) is 1.74. The third-order valence-electron chi connectivity index (χ3n) is 3.05. The van der Waals surface area contributed by atoms with Crippen LogP contribution in [0.15, 0.2) is 31.1 Å². The first-order chi connectivity index (χ1) is 6.51. The topological polar surface area (TPSA) is 12.9 Å². The maximum absolute atomic E-state index is 13.7. The van der Waals surface area contributed by atoms with Gasteiger partial charge in [-0.3, -0.25) is 4.98 Å². The van der Waals surface area contributed by atoms with Gasteiger partial charge in [-0.25, -0.2) is 8.78 Å². The van der Waals surface area contributed by atoms with Crippen LogP contribution in [-0.4, -0.2) is 10.9 Å². The van der Waals surface area contributed by atoms with E-state index in [-0.39, 0.29) is 6.42 Å². The van der Waals surface area contributed by atoms with Gasteiger partial charge in [0.1, 0.15) is 0 Å². The second-order valence-corrected chi connectivity index (χ2v) is 3.82. The number of allylic oxidation sites excluding steroid dienone is 1. The second kappa shape index (κ2) is 2.62. The van der Waals surface area contributed by atoms with Crippen molar-refractivity contribution in [3.05, 3.63) is 42.2 Å². The molecule has 0 bridgehead atoms. The highest BCUT2D eigenvalue weighted by Crippen LogP contribution is 2.49. The van der Waals surface area contributed by atoms with Gasteiger partial charge in [-0.1, -0.05) is 6.08 Å². The Hall–Kier alpha value is -1.25. The molecule has 1 aliphatic carbocycles. The normalized spacial score (nSPS) is 28.5. The SMILES string of the molecule is C=CC1(C)c2cnccc2CC1(F)F. The largest absolute Gasteiger partial charge is 0.264 e. The number of rotatable bonds is 1. The first-order valence-corrected chi connectivity index (χ1v) is 4.46. The molecule has 1 nitrogen and oxygen atoms in total. The van der Waals surface area contributed by atoms with Crippen LogP contribution in [0.25, 0.3) is 0 Å². The van der Waals surface area contributed by atoms with E-state index < -0.39 is 11.3 Å². The van der Waals surface area contributed by atoms with E-state index >= 15 is 0 Å². The van der Waals surface area contributed by atoms with Crippen LogP contribution in [0.2, 0.25) is 0 Å². The molecular weight excluding hydrogens is 184 g/mol. The van der Waals surface area contributed by atoms with E-state index in [9.17, 15) is 8.78 Å². The molecule has 0 aromatic carbocycles. The van der Waals surface area contributed by atoms with Gasteiger partial charge in [-0.15, -0.1) is 6.58 Å². The molecule has 0 fully saturated rings. The fraction of sp³-hybridized carbons (Fsp3) is 0.364. The zero-order chi connectivity index (χ0) is 10.4. The van der Waals surface area contributed by atoms with Gasteiger partial charge in [0.25, 0.3) is 5.92 Å². The molecule has 0 saturated heterocycles. The number of fused-ring (bicyclic) bond motifs is 1. The van der Waals surface area contributed by atoms with E-state index in [4.69, 9.17) is 0 Å². The molecule has 14 heavy (non-hydrogen) atoms. The van der Waals surface area contributed by atoms with Gasteiger partial charge in [0.05, 0.1) is 5.41 Å². The smallest absolute Gasteiger partial charge is 0.264 e. The molecule has 0 N–H and O–H groups in total. The number of alkyl halides is 2. The molecule has 1 aromatic heterocycles. The van der Waals surface area contributed by atoms with Crippen molar-refractivity contribution in [1.82, 2.24) is 4.98 Å². The Morgan fingerprint density at radius 2 is 2.29 bits per heavy atom. The van der Waals surface area contributed by atoms with Crippen molar-refractivity contribution < 1.29 is 8.78 Å². The first kappa shape index (κ1) is 9.31. The molecule has 1 aromatic rings. The summed E-state index contributed by atoms with van der Waals surface area (Å²) < 4.78 is 27.4. The quantitative estimate of drug-likeness (QED) is 0.628. The van der Waals surface area contributed by atoms with Gasteiger partial charge in [0.2, 0.25) is 0 Å². The van der Waals surface area contributed by atoms with Crippen molar-refractivity contribution in [2.45, 2.75) is 24.7 Å². The molecule has 0 radical (unpaired) electrons. The Bertz CT molecular complexity index is 387. The molecule has 74 valence electrons. The van der Waals surface area contributed by atoms with E-state index in [0.717, 1.165) is 0 Å². The number of nitrogens with zero attached hydrogens (tertiary/aromatic N) is 1. The standard InChI is InChI=1S/C11H11F2N/c1-3-10(2)9-7-14-5-4-8(9)6-11(10,12)13/h3-5,7H,1,6H2,2H3. The van der Waals surface area contributed by atoms with Gasteiger partial charge in [-0.2, -0.15) is 0 Å². The monoisotopic (exact) mass is 195 g/mol. The molecular formula is C11H11F2N. The summed E-state index contributed by atoms with van der Waals surface area (Å²) in [7, 11) is 0. The van der Waals surface area contributed by atoms with Crippen LogP contribution in [0, 0.1) is 0 Å². The second-order valence-electron chi connectivity index (χ2n) is 3.82. The van der Waals surface area contributed by atoms with E-state index in [1.807, 2.05) is 0 Å². The summed E-state index contributed by atoms with van der Waals surface area (Å²) in [5.74, 6) is -2.75. The lowest BCUT2D eigenvalue weighted by Gasteiger charge is -2.28. The Balaban J connectivity index is 2.65. The minimum Gasteiger partial charge on any atom is -0.264 e. The lowest BCUT2D eigenvalue weighted by molar-refractivity contribution is -0.0393. The molecule has 1 aliphatic rings. The minimum atomic E-state index is -2.75. The van der Waals surface area contributed by atoms with Gasteiger partial charge >= 0.3 is 0 Å². The number of pyridine rings is 1. The minimum absolute atomic E-state index is 0.215. The van der Waals surface area contributed by atoms with Gasteiger partial charge in [-0.05, 0) is 24.1 Å². The predicted octanol–water partition coefficient (Wildman–Crippen LogP) is 2.72. The van der Waals surface area contributed by atoms with Crippen LogP contribution < -0.4 is 0 Å². The van der Waals surface area contributed by atoms with Crippen LogP contribution in [0.4, 0.5) is 8.78 Å². The molecule has 0 amide bonds. The van der Waals surface area contributed by atoms with Crippen LogP contribution in [0.1, 0.15) is 18.1 Å². The molecule has 0 spiro atoms. The average molecular weight is 195 g/mol. The van der Waals surface area contributed by atoms with Crippen LogP contribution in [-0.2, 0) is 11.8 Å². The van der Waals surface area contributed by atoms with E-state index in [2.05, 4.69) is 11.6 Å². The van der Waals surface area contributed by atoms with Crippen LogP contribution in [0.5, 0.6) is 0 Å². The molecule has 0 aliphatic heterocycles. The van der Waals surface area contributed by atoms with E-state index in [1.54, 1.807) is 12.3 Å². The van der Waals surface area contributed by atoms with Crippen LogP contribution in [0.3, 0.4) is 0 Å². The number of hydrogen-bond donors (Lipinski definition) is 0. The molecule has 1 heterocycles. The predicted molar refractivity (Wildman–Crippen MR) is 50.4 cm³/mol. The number of aromatic nitrogens is 1. The van der Waals surface area contributed by atoms with Gasteiger partial charge in [0.15, 0.2) is 0 Å². The summed E-state index contributed by atoms with van der Waals surface area (Å²) in [6.07, 6.45) is 4.16. The summed E-state index contributed by atoms with van der Waals surface area (Å²) >= 11 is 0. The van der Waals surface area contributed by atoms with E-state index in [0.29, 0.717) is 11.1 Å².